The van der Waals surface area contributed by atoms with Gasteiger partial charge in [-0.05, 0) is 36.6 Å². The number of sulfone groups is 1. The van der Waals surface area contributed by atoms with Crippen molar-refractivity contribution in [1.82, 2.24) is 10.2 Å². The van der Waals surface area contributed by atoms with Crippen LogP contribution in [0.5, 0.6) is 0 Å². The lowest BCUT2D eigenvalue weighted by molar-refractivity contribution is -0.385. The SMILES string of the molecule is CS(=O)(=O)c1cc(C(=O)NCc2cccc(C(=O)N3CCCC3)c2)cc([N+](=O)[O-])c1. The van der Waals surface area contributed by atoms with Gasteiger partial charge in [0, 0.05) is 49.1 Å². The molecule has 1 aliphatic heterocycles. The lowest BCUT2D eigenvalue weighted by Crippen LogP contribution is -2.28. The number of nitro groups is 1. The van der Waals surface area contributed by atoms with Gasteiger partial charge in [-0.2, -0.15) is 0 Å². The Balaban J connectivity index is 1.76. The van der Waals surface area contributed by atoms with Crippen LogP contribution in [0.2, 0.25) is 0 Å². The molecule has 0 atom stereocenters. The maximum Gasteiger partial charge on any atom is 0.271 e. The minimum atomic E-state index is -3.73. The van der Waals surface area contributed by atoms with Gasteiger partial charge in [0.1, 0.15) is 0 Å². The van der Waals surface area contributed by atoms with Crippen molar-refractivity contribution in [1.29, 1.82) is 0 Å². The molecule has 158 valence electrons. The van der Waals surface area contributed by atoms with Gasteiger partial charge in [-0.15, -0.1) is 0 Å². The summed E-state index contributed by atoms with van der Waals surface area (Å²) in [5.74, 6) is -0.711. The van der Waals surface area contributed by atoms with Crippen LogP contribution in [-0.4, -0.2) is 49.4 Å². The molecule has 2 amide bonds. The average molecular weight is 431 g/mol. The van der Waals surface area contributed by atoms with E-state index < -0.39 is 26.4 Å². The third-order valence-corrected chi connectivity index (χ3v) is 5.90. The topological polar surface area (TPSA) is 127 Å². The molecule has 1 aliphatic rings. The first-order valence-corrected chi connectivity index (χ1v) is 11.2. The quantitative estimate of drug-likeness (QED) is 0.552. The summed E-state index contributed by atoms with van der Waals surface area (Å²) in [5, 5.41) is 13.7. The van der Waals surface area contributed by atoms with Gasteiger partial charge in [-0.3, -0.25) is 19.7 Å². The molecule has 0 bridgehead atoms. The van der Waals surface area contributed by atoms with Crippen molar-refractivity contribution in [3.63, 3.8) is 0 Å². The molecule has 30 heavy (non-hydrogen) atoms. The minimum absolute atomic E-state index is 0.0582. The third-order valence-electron chi connectivity index (χ3n) is 4.81. The second-order valence-electron chi connectivity index (χ2n) is 7.13. The molecule has 9 nitrogen and oxygen atoms in total. The lowest BCUT2D eigenvalue weighted by atomic mass is 10.1. The zero-order chi connectivity index (χ0) is 21.9. The standard InChI is InChI=1S/C20H21N3O6S/c1-30(28,29)18-11-16(10-17(12-18)23(26)27)19(24)21-13-14-5-4-6-15(9-14)20(25)22-7-2-3-8-22/h4-6,9-12H,2-3,7-8,13H2,1H3,(H,21,24). The maximum absolute atomic E-state index is 12.5. The molecular formula is C20H21N3O6S. The number of rotatable bonds is 6. The fraction of sp³-hybridized carbons (Fsp3) is 0.300. The number of nitrogens with zero attached hydrogens (tertiary/aromatic N) is 2. The Kier molecular flexibility index (Phi) is 6.16. The number of amides is 2. The van der Waals surface area contributed by atoms with Crippen molar-refractivity contribution < 1.29 is 22.9 Å². The van der Waals surface area contributed by atoms with E-state index in [0.717, 1.165) is 50.4 Å². The van der Waals surface area contributed by atoms with E-state index in [1.807, 2.05) is 0 Å². The second-order valence-corrected chi connectivity index (χ2v) is 9.14. The highest BCUT2D eigenvalue weighted by Gasteiger charge is 2.21. The number of likely N-dealkylation sites (tertiary alicyclic amines) is 1. The zero-order valence-corrected chi connectivity index (χ0v) is 17.1. The van der Waals surface area contributed by atoms with Gasteiger partial charge in [0.25, 0.3) is 17.5 Å². The number of nitrogens with one attached hydrogen (secondary N) is 1. The van der Waals surface area contributed by atoms with Crippen LogP contribution in [-0.2, 0) is 16.4 Å². The van der Waals surface area contributed by atoms with Crippen LogP contribution >= 0.6 is 0 Å². The number of non-ortho nitro benzene ring substituents is 1. The van der Waals surface area contributed by atoms with Gasteiger partial charge in [0.2, 0.25) is 0 Å². The Hall–Kier alpha value is -3.27. The average Bonchev–Trinajstić information content (AvgIpc) is 3.25. The number of carbonyl (C=O) groups is 2. The summed E-state index contributed by atoms with van der Waals surface area (Å²) in [6.07, 6.45) is 2.89. The number of nitro benzene ring substituents is 1. The molecule has 0 radical (unpaired) electrons. The Morgan fingerprint density at radius 3 is 2.43 bits per heavy atom. The number of benzene rings is 2. The first-order chi connectivity index (χ1) is 14.1. The zero-order valence-electron chi connectivity index (χ0n) is 16.3. The Morgan fingerprint density at radius 2 is 1.80 bits per heavy atom. The summed E-state index contributed by atoms with van der Waals surface area (Å²) in [6, 6.07) is 9.92. The first-order valence-electron chi connectivity index (χ1n) is 9.31. The van der Waals surface area contributed by atoms with Crippen LogP contribution in [0.15, 0.2) is 47.4 Å². The molecule has 1 N–H and O–H groups in total. The molecule has 10 heteroatoms. The minimum Gasteiger partial charge on any atom is -0.348 e. The number of hydrogen-bond acceptors (Lipinski definition) is 6. The van der Waals surface area contributed by atoms with E-state index in [4.69, 9.17) is 0 Å². The Labute approximate surface area is 173 Å². The molecule has 0 saturated carbocycles. The maximum atomic E-state index is 12.5. The molecule has 2 aromatic carbocycles. The molecule has 0 spiro atoms. The first kappa shape index (κ1) is 21.4. The van der Waals surface area contributed by atoms with Gasteiger partial charge < -0.3 is 10.2 Å². The van der Waals surface area contributed by atoms with Crippen molar-refractivity contribution >= 4 is 27.3 Å². The highest BCUT2D eigenvalue weighted by atomic mass is 32.2. The van der Waals surface area contributed by atoms with Crippen molar-refractivity contribution in [2.45, 2.75) is 24.3 Å². The van der Waals surface area contributed by atoms with Gasteiger partial charge in [-0.25, -0.2) is 8.42 Å². The van der Waals surface area contributed by atoms with E-state index in [1.54, 1.807) is 29.2 Å². The summed E-state index contributed by atoms with van der Waals surface area (Å²) in [7, 11) is -3.73. The van der Waals surface area contributed by atoms with Crippen LogP contribution in [0.4, 0.5) is 5.69 Å². The van der Waals surface area contributed by atoms with Crippen molar-refractivity contribution in [2.75, 3.05) is 19.3 Å². The fourth-order valence-electron chi connectivity index (χ4n) is 3.24. The largest absolute Gasteiger partial charge is 0.348 e. The predicted octanol–water partition coefficient (Wildman–Crippen LogP) is 2.16. The van der Waals surface area contributed by atoms with E-state index in [9.17, 15) is 28.1 Å². The summed E-state index contributed by atoms with van der Waals surface area (Å²) in [4.78, 5) is 36.8. The summed E-state index contributed by atoms with van der Waals surface area (Å²) < 4.78 is 23.6. The van der Waals surface area contributed by atoms with Crippen LogP contribution in [0.25, 0.3) is 0 Å². The molecule has 3 rings (SSSR count). The molecule has 2 aromatic rings. The van der Waals surface area contributed by atoms with E-state index in [2.05, 4.69) is 5.32 Å². The van der Waals surface area contributed by atoms with Gasteiger partial charge >= 0.3 is 0 Å². The number of hydrogen-bond donors (Lipinski definition) is 1. The van der Waals surface area contributed by atoms with E-state index in [1.165, 1.54) is 0 Å². The van der Waals surface area contributed by atoms with Crippen LogP contribution in [0, 0.1) is 10.1 Å². The van der Waals surface area contributed by atoms with Crippen molar-refractivity contribution in [3.8, 4) is 0 Å². The molecule has 1 saturated heterocycles. The fourth-order valence-corrected chi connectivity index (χ4v) is 3.91. The van der Waals surface area contributed by atoms with Crippen molar-refractivity contribution in [3.05, 3.63) is 69.3 Å². The van der Waals surface area contributed by atoms with Crippen LogP contribution < -0.4 is 5.32 Å². The third kappa shape index (κ3) is 5.01. The molecule has 0 aliphatic carbocycles. The van der Waals surface area contributed by atoms with Gasteiger partial charge in [0.05, 0.1) is 9.82 Å². The second kappa shape index (κ2) is 8.62. The van der Waals surface area contributed by atoms with Crippen molar-refractivity contribution in [2.24, 2.45) is 0 Å². The highest BCUT2D eigenvalue weighted by Crippen LogP contribution is 2.21. The summed E-state index contributed by atoms with van der Waals surface area (Å²) >= 11 is 0. The molecule has 0 unspecified atom stereocenters. The number of carbonyl (C=O) groups excluding carboxylic acids is 2. The van der Waals surface area contributed by atoms with Gasteiger partial charge in [-0.1, -0.05) is 12.1 Å². The van der Waals surface area contributed by atoms with Crippen LogP contribution in [0.1, 0.15) is 39.1 Å². The summed E-state index contributed by atoms with van der Waals surface area (Å²) in [6.45, 7) is 1.54. The lowest BCUT2D eigenvalue weighted by Gasteiger charge is -2.15. The van der Waals surface area contributed by atoms with E-state index >= 15 is 0 Å². The van der Waals surface area contributed by atoms with E-state index in [-0.39, 0.29) is 22.9 Å². The summed E-state index contributed by atoms with van der Waals surface area (Å²) in [5.41, 5.74) is 0.593. The smallest absolute Gasteiger partial charge is 0.271 e. The molecule has 0 aromatic heterocycles. The normalized spacial score (nSPS) is 13.8. The predicted molar refractivity (Wildman–Crippen MR) is 109 cm³/mol. The van der Waals surface area contributed by atoms with Gasteiger partial charge in [0.15, 0.2) is 9.84 Å². The molecule has 1 fully saturated rings. The molecule has 1 heterocycles. The Bertz CT molecular complexity index is 1110. The Morgan fingerprint density at radius 1 is 1.10 bits per heavy atom. The van der Waals surface area contributed by atoms with Crippen LogP contribution in [0.3, 0.4) is 0 Å². The van der Waals surface area contributed by atoms with E-state index in [0.29, 0.717) is 11.1 Å². The monoisotopic (exact) mass is 431 g/mol. The highest BCUT2D eigenvalue weighted by molar-refractivity contribution is 7.90. The molecular weight excluding hydrogens is 410 g/mol.